The Balaban J connectivity index is 1.45. The Hall–Kier alpha value is -0.910. The van der Waals surface area contributed by atoms with Crippen LogP contribution in [-0.2, 0) is 4.79 Å². The Morgan fingerprint density at radius 2 is 1.75 bits per heavy atom. The molecule has 2 amide bonds. The number of halogens is 2. The van der Waals surface area contributed by atoms with Gasteiger partial charge < -0.3 is 9.80 Å². The number of carbonyl (C=O) groups excluding carboxylic acids is 2. The lowest BCUT2D eigenvalue weighted by Crippen LogP contribution is -2.54. The lowest BCUT2D eigenvalue weighted by atomic mass is 9.87. The molecule has 4 rings (SSSR count). The van der Waals surface area contributed by atoms with Gasteiger partial charge in [0, 0.05) is 36.3 Å². The van der Waals surface area contributed by atoms with Gasteiger partial charge >= 0.3 is 0 Å². The van der Waals surface area contributed by atoms with Crippen molar-refractivity contribution in [1.82, 2.24) is 9.80 Å². The van der Waals surface area contributed by atoms with Crippen LogP contribution in [0.4, 0.5) is 0 Å². The van der Waals surface area contributed by atoms with Gasteiger partial charge in [-0.25, -0.2) is 0 Å². The number of amides is 2. The predicted octanol–water partition coefficient (Wildman–Crippen LogP) is 5.08. The molecule has 1 aromatic carbocycles. The fraction of sp³-hybridized carbons (Fsp3) is 0.619. The number of rotatable bonds is 2. The van der Waals surface area contributed by atoms with Gasteiger partial charge in [-0.2, -0.15) is 0 Å². The molecular weight excluding hydrogens is 415 g/mol. The minimum absolute atomic E-state index is 0.0290. The number of benzene rings is 1. The molecule has 0 N–H and O–H groups in total. The highest BCUT2D eigenvalue weighted by Gasteiger charge is 2.47. The van der Waals surface area contributed by atoms with Gasteiger partial charge in [-0.15, -0.1) is 11.8 Å². The first-order valence-electron chi connectivity index (χ1n) is 10.2. The summed E-state index contributed by atoms with van der Waals surface area (Å²) in [6.07, 6.45) is 7.33. The highest BCUT2D eigenvalue weighted by atomic mass is 35.5. The molecule has 152 valence electrons. The Kier molecular flexibility index (Phi) is 6.15. The van der Waals surface area contributed by atoms with Crippen molar-refractivity contribution < 1.29 is 9.59 Å². The van der Waals surface area contributed by atoms with Crippen molar-refractivity contribution >= 4 is 46.8 Å². The molecule has 1 saturated carbocycles. The van der Waals surface area contributed by atoms with Gasteiger partial charge in [0.05, 0.1) is 15.5 Å². The van der Waals surface area contributed by atoms with E-state index >= 15 is 0 Å². The summed E-state index contributed by atoms with van der Waals surface area (Å²) < 4.78 is 0. The Morgan fingerprint density at radius 1 is 1.04 bits per heavy atom. The van der Waals surface area contributed by atoms with Crippen LogP contribution in [0.1, 0.15) is 55.3 Å². The van der Waals surface area contributed by atoms with Crippen LogP contribution in [0.15, 0.2) is 18.2 Å². The molecule has 2 saturated heterocycles. The smallest absolute Gasteiger partial charge is 0.256 e. The van der Waals surface area contributed by atoms with Crippen LogP contribution in [0.3, 0.4) is 0 Å². The van der Waals surface area contributed by atoms with Crippen molar-refractivity contribution in [3.8, 4) is 0 Å². The largest absolute Gasteiger partial charge is 0.342 e. The van der Waals surface area contributed by atoms with Crippen LogP contribution in [0.5, 0.6) is 0 Å². The van der Waals surface area contributed by atoms with E-state index < -0.39 is 0 Å². The molecule has 0 unspecified atom stereocenters. The number of piperidine rings is 1. The molecule has 1 spiro atoms. The van der Waals surface area contributed by atoms with Crippen molar-refractivity contribution in [2.24, 2.45) is 5.92 Å². The first-order chi connectivity index (χ1) is 13.5. The van der Waals surface area contributed by atoms with E-state index in [-0.39, 0.29) is 16.7 Å². The van der Waals surface area contributed by atoms with Crippen molar-refractivity contribution in [2.75, 3.05) is 25.4 Å². The normalized spacial score (nSPS) is 22.6. The molecule has 0 bridgehead atoms. The molecule has 1 aromatic rings. The third kappa shape index (κ3) is 3.90. The lowest BCUT2D eigenvalue weighted by Gasteiger charge is -2.45. The molecule has 0 radical (unpaired) electrons. The van der Waals surface area contributed by atoms with Gasteiger partial charge in [0.1, 0.15) is 0 Å². The zero-order valence-corrected chi connectivity index (χ0v) is 18.3. The molecule has 3 aliphatic rings. The van der Waals surface area contributed by atoms with Crippen LogP contribution in [0.2, 0.25) is 10.0 Å². The lowest BCUT2D eigenvalue weighted by molar-refractivity contribution is -0.138. The monoisotopic (exact) mass is 440 g/mol. The Bertz CT molecular complexity index is 759. The van der Waals surface area contributed by atoms with Gasteiger partial charge in [-0.05, 0) is 43.9 Å². The highest BCUT2D eigenvalue weighted by molar-refractivity contribution is 8.00. The highest BCUT2D eigenvalue weighted by Crippen LogP contribution is 2.45. The fourth-order valence-electron chi connectivity index (χ4n) is 4.80. The van der Waals surface area contributed by atoms with E-state index in [4.69, 9.17) is 23.2 Å². The molecule has 2 heterocycles. The average molecular weight is 441 g/mol. The maximum absolute atomic E-state index is 13.2. The van der Waals surface area contributed by atoms with Crippen molar-refractivity contribution in [3.05, 3.63) is 33.8 Å². The number of hydrogen-bond acceptors (Lipinski definition) is 3. The maximum atomic E-state index is 13.2. The summed E-state index contributed by atoms with van der Waals surface area (Å²) in [4.78, 5) is 29.9. The fourth-order valence-corrected chi connectivity index (χ4v) is 6.75. The van der Waals surface area contributed by atoms with Gasteiger partial charge in [-0.1, -0.05) is 42.5 Å². The minimum atomic E-state index is -0.219. The molecule has 0 aromatic heterocycles. The van der Waals surface area contributed by atoms with Crippen LogP contribution < -0.4 is 0 Å². The summed E-state index contributed by atoms with van der Waals surface area (Å²) in [5.74, 6) is 1.44. The van der Waals surface area contributed by atoms with E-state index in [1.165, 1.54) is 19.3 Å². The molecule has 0 atom stereocenters. The van der Waals surface area contributed by atoms with E-state index in [9.17, 15) is 9.59 Å². The number of carbonyl (C=O) groups is 2. The van der Waals surface area contributed by atoms with E-state index in [2.05, 4.69) is 0 Å². The standard InChI is InChI=1S/C21H26Cl2N2O2S/c22-16-6-7-17(18(23)14-16)20(27)25-12-13-28-21(25)8-10-24(11-9-21)19(26)15-4-2-1-3-5-15/h6-7,14-15H,1-5,8-13H2. The van der Waals surface area contributed by atoms with Gasteiger partial charge in [0.2, 0.25) is 5.91 Å². The van der Waals surface area contributed by atoms with Gasteiger partial charge in [0.25, 0.3) is 5.91 Å². The molecule has 28 heavy (non-hydrogen) atoms. The van der Waals surface area contributed by atoms with E-state index in [1.807, 2.05) is 21.6 Å². The summed E-state index contributed by atoms with van der Waals surface area (Å²) in [5.41, 5.74) is 0.508. The Morgan fingerprint density at radius 3 is 2.43 bits per heavy atom. The van der Waals surface area contributed by atoms with Crippen LogP contribution >= 0.6 is 35.0 Å². The molecule has 7 heteroatoms. The topological polar surface area (TPSA) is 40.6 Å². The average Bonchev–Trinajstić information content (AvgIpc) is 3.11. The summed E-state index contributed by atoms with van der Waals surface area (Å²) >= 11 is 14.1. The van der Waals surface area contributed by atoms with Gasteiger partial charge in [-0.3, -0.25) is 9.59 Å². The van der Waals surface area contributed by atoms with E-state index in [1.54, 1.807) is 18.2 Å². The quantitative estimate of drug-likeness (QED) is 0.643. The molecular formula is C21H26Cl2N2O2S. The zero-order valence-electron chi connectivity index (χ0n) is 16.0. The van der Waals surface area contributed by atoms with Crippen LogP contribution in [-0.4, -0.2) is 51.9 Å². The second-order valence-corrected chi connectivity index (χ2v) is 10.3. The molecule has 4 nitrogen and oxygen atoms in total. The number of thioether (sulfide) groups is 1. The number of likely N-dealkylation sites (tertiary alicyclic amines) is 1. The molecule has 2 aliphatic heterocycles. The summed E-state index contributed by atoms with van der Waals surface area (Å²) in [5, 5.41) is 0.927. The maximum Gasteiger partial charge on any atom is 0.256 e. The SMILES string of the molecule is O=C(C1CCCCC1)N1CCC2(CC1)SCCN2C(=O)c1ccc(Cl)cc1Cl. The minimum Gasteiger partial charge on any atom is -0.342 e. The Labute approximate surface area is 180 Å². The second kappa shape index (κ2) is 8.45. The predicted molar refractivity (Wildman–Crippen MR) is 115 cm³/mol. The first kappa shape index (κ1) is 20.4. The van der Waals surface area contributed by atoms with Crippen molar-refractivity contribution in [2.45, 2.75) is 49.8 Å². The third-order valence-electron chi connectivity index (χ3n) is 6.40. The third-order valence-corrected chi connectivity index (χ3v) is 8.50. The first-order valence-corrected chi connectivity index (χ1v) is 11.9. The van der Waals surface area contributed by atoms with Gasteiger partial charge in [0.15, 0.2) is 0 Å². The second-order valence-electron chi connectivity index (χ2n) is 8.04. The summed E-state index contributed by atoms with van der Waals surface area (Å²) in [7, 11) is 0. The van der Waals surface area contributed by atoms with E-state index in [0.29, 0.717) is 21.5 Å². The number of nitrogens with zero attached hydrogens (tertiary/aromatic N) is 2. The van der Waals surface area contributed by atoms with Crippen molar-refractivity contribution in [1.29, 1.82) is 0 Å². The summed E-state index contributed by atoms with van der Waals surface area (Å²) in [6, 6.07) is 5.05. The van der Waals surface area contributed by atoms with Crippen LogP contribution in [0.25, 0.3) is 0 Å². The molecule has 3 fully saturated rings. The molecule has 1 aliphatic carbocycles. The number of hydrogen-bond donors (Lipinski definition) is 0. The summed E-state index contributed by atoms with van der Waals surface area (Å²) in [6.45, 7) is 2.19. The zero-order chi connectivity index (χ0) is 19.7. The van der Waals surface area contributed by atoms with Crippen LogP contribution in [0, 0.1) is 5.92 Å². The van der Waals surface area contributed by atoms with E-state index in [0.717, 1.165) is 51.1 Å². The van der Waals surface area contributed by atoms with Crippen molar-refractivity contribution in [3.63, 3.8) is 0 Å².